The molecule has 8 heteroatoms. The summed E-state index contributed by atoms with van der Waals surface area (Å²) >= 11 is 5.96. The molecular weight excluding hydrogens is 370 g/mol. The third-order valence-corrected chi connectivity index (χ3v) is 5.26. The van der Waals surface area contributed by atoms with Crippen LogP contribution in [-0.4, -0.2) is 80.8 Å². The molecule has 2 aliphatic heterocycles. The number of rotatable bonds is 6. The van der Waals surface area contributed by atoms with Gasteiger partial charge in [-0.05, 0) is 30.7 Å². The Kier molecular flexibility index (Phi) is 7.07. The summed E-state index contributed by atoms with van der Waals surface area (Å²) in [5.74, 6) is -0.345. The van der Waals surface area contributed by atoms with Gasteiger partial charge in [-0.3, -0.25) is 14.5 Å². The fourth-order valence-electron chi connectivity index (χ4n) is 3.43. The SMILES string of the molecule is CN1C(=O)CO[C@H](C(=O)NCCCN2CCOCC2)[C@H]1c1ccc(Cl)cc1. The lowest BCUT2D eigenvalue weighted by molar-refractivity contribution is -0.162. The number of carbonyl (C=O) groups excluding carboxylic acids is 2. The monoisotopic (exact) mass is 395 g/mol. The van der Waals surface area contributed by atoms with Crippen molar-refractivity contribution in [3.05, 3.63) is 34.9 Å². The van der Waals surface area contributed by atoms with E-state index in [1.807, 2.05) is 12.1 Å². The Morgan fingerprint density at radius 1 is 1.26 bits per heavy atom. The van der Waals surface area contributed by atoms with Crippen molar-refractivity contribution in [2.24, 2.45) is 0 Å². The first-order valence-corrected chi connectivity index (χ1v) is 9.64. The molecule has 0 bridgehead atoms. The number of hydrogen-bond donors (Lipinski definition) is 1. The summed E-state index contributed by atoms with van der Waals surface area (Å²) in [5, 5.41) is 3.56. The number of likely N-dealkylation sites (N-methyl/N-ethyl adjacent to an activating group) is 1. The summed E-state index contributed by atoms with van der Waals surface area (Å²) < 4.78 is 10.9. The van der Waals surface area contributed by atoms with Crippen LogP contribution in [0.2, 0.25) is 5.02 Å². The number of hydrogen-bond acceptors (Lipinski definition) is 5. The van der Waals surface area contributed by atoms with Crippen molar-refractivity contribution in [3.8, 4) is 0 Å². The zero-order valence-electron chi connectivity index (χ0n) is 15.5. The highest BCUT2D eigenvalue weighted by Crippen LogP contribution is 2.30. The van der Waals surface area contributed by atoms with E-state index in [0.717, 1.165) is 44.8 Å². The molecule has 148 valence electrons. The van der Waals surface area contributed by atoms with Crippen LogP contribution in [0.3, 0.4) is 0 Å². The highest BCUT2D eigenvalue weighted by atomic mass is 35.5. The van der Waals surface area contributed by atoms with Gasteiger partial charge in [-0.2, -0.15) is 0 Å². The number of ether oxygens (including phenoxy) is 2. The summed E-state index contributed by atoms with van der Waals surface area (Å²) in [6, 6.07) is 6.68. The normalized spacial score (nSPS) is 24.1. The second-order valence-electron chi connectivity index (χ2n) is 6.83. The van der Waals surface area contributed by atoms with Gasteiger partial charge < -0.3 is 19.7 Å². The first kappa shape index (κ1) is 20.1. The van der Waals surface area contributed by atoms with E-state index in [1.54, 1.807) is 24.1 Å². The van der Waals surface area contributed by atoms with Gasteiger partial charge in [-0.15, -0.1) is 0 Å². The van der Waals surface area contributed by atoms with E-state index >= 15 is 0 Å². The molecule has 27 heavy (non-hydrogen) atoms. The van der Waals surface area contributed by atoms with Gasteiger partial charge in [0.2, 0.25) is 5.91 Å². The Morgan fingerprint density at radius 3 is 2.67 bits per heavy atom. The predicted molar refractivity (Wildman–Crippen MR) is 102 cm³/mol. The molecule has 0 unspecified atom stereocenters. The summed E-state index contributed by atoms with van der Waals surface area (Å²) in [6.07, 6.45) is 0.121. The molecule has 0 aromatic heterocycles. The average molecular weight is 396 g/mol. The molecule has 2 saturated heterocycles. The van der Waals surface area contributed by atoms with E-state index in [9.17, 15) is 9.59 Å². The first-order valence-electron chi connectivity index (χ1n) is 9.27. The summed E-state index contributed by atoms with van der Waals surface area (Å²) in [5.41, 5.74) is 0.823. The minimum Gasteiger partial charge on any atom is -0.379 e. The number of morpholine rings is 2. The highest BCUT2D eigenvalue weighted by Gasteiger charge is 2.39. The molecule has 2 amide bonds. The van der Waals surface area contributed by atoms with Gasteiger partial charge in [0.25, 0.3) is 5.91 Å². The molecule has 2 fully saturated rings. The zero-order valence-corrected chi connectivity index (χ0v) is 16.3. The number of amides is 2. The van der Waals surface area contributed by atoms with Crippen LogP contribution in [0.5, 0.6) is 0 Å². The first-order chi connectivity index (χ1) is 13.1. The van der Waals surface area contributed by atoms with E-state index in [4.69, 9.17) is 21.1 Å². The van der Waals surface area contributed by atoms with Crippen LogP contribution in [0.15, 0.2) is 24.3 Å². The maximum atomic E-state index is 12.7. The van der Waals surface area contributed by atoms with Gasteiger partial charge in [0.1, 0.15) is 6.61 Å². The number of nitrogens with one attached hydrogen (secondary N) is 1. The molecule has 2 heterocycles. The Morgan fingerprint density at radius 2 is 1.96 bits per heavy atom. The van der Waals surface area contributed by atoms with Crippen molar-refractivity contribution in [1.82, 2.24) is 15.1 Å². The van der Waals surface area contributed by atoms with Gasteiger partial charge in [0.15, 0.2) is 6.10 Å². The maximum absolute atomic E-state index is 12.7. The van der Waals surface area contributed by atoms with Crippen molar-refractivity contribution in [1.29, 1.82) is 0 Å². The Hall–Kier alpha value is -1.67. The van der Waals surface area contributed by atoms with Gasteiger partial charge >= 0.3 is 0 Å². The second-order valence-corrected chi connectivity index (χ2v) is 7.27. The predicted octanol–water partition coefficient (Wildman–Crippen LogP) is 1.08. The lowest BCUT2D eigenvalue weighted by atomic mass is 9.97. The van der Waals surface area contributed by atoms with Crippen molar-refractivity contribution < 1.29 is 19.1 Å². The van der Waals surface area contributed by atoms with Crippen molar-refractivity contribution in [2.45, 2.75) is 18.6 Å². The van der Waals surface area contributed by atoms with Crippen LogP contribution in [0.4, 0.5) is 0 Å². The third kappa shape index (κ3) is 5.19. The molecule has 0 saturated carbocycles. The molecule has 0 radical (unpaired) electrons. The molecule has 7 nitrogen and oxygen atoms in total. The Bertz CT molecular complexity index is 649. The summed E-state index contributed by atoms with van der Waals surface area (Å²) in [6.45, 7) is 4.81. The van der Waals surface area contributed by atoms with Crippen LogP contribution >= 0.6 is 11.6 Å². The number of halogens is 1. The zero-order chi connectivity index (χ0) is 19.2. The number of nitrogens with zero attached hydrogens (tertiary/aromatic N) is 2. The third-order valence-electron chi connectivity index (χ3n) is 5.01. The molecule has 2 aliphatic rings. The quantitative estimate of drug-likeness (QED) is 0.730. The molecule has 0 spiro atoms. The largest absolute Gasteiger partial charge is 0.379 e. The fraction of sp³-hybridized carbons (Fsp3) is 0.579. The van der Waals surface area contributed by atoms with E-state index in [1.165, 1.54) is 0 Å². The van der Waals surface area contributed by atoms with E-state index in [-0.39, 0.29) is 18.4 Å². The van der Waals surface area contributed by atoms with Gasteiger partial charge in [-0.1, -0.05) is 23.7 Å². The molecule has 1 N–H and O–H groups in total. The lowest BCUT2D eigenvalue weighted by Gasteiger charge is -2.38. The molecular formula is C19H26ClN3O4. The van der Waals surface area contributed by atoms with Crippen molar-refractivity contribution in [3.63, 3.8) is 0 Å². The van der Waals surface area contributed by atoms with E-state index in [0.29, 0.717) is 11.6 Å². The lowest BCUT2D eigenvalue weighted by Crippen LogP contribution is -2.53. The summed E-state index contributed by atoms with van der Waals surface area (Å²) in [7, 11) is 1.70. The molecule has 0 aliphatic carbocycles. The maximum Gasteiger partial charge on any atom is 0.251 e. The molecule has 2 atom stereocenters. The molecule has 1 aromatic carbocycles. The van der Waals surface area contributed by atoms with Crippen molar-refractivity contribution >= 4 is 23.4 Å². The Labute approximate surface area is 164 Å². The van der Waals surface area contributed by atoms with Gasteiger partial charge in [-0.25, -0.2) is 0 Å². The standard InChI is InChI=1S/C19H26ClN3O4/c1-22-16(24)13-27-18(17(22)14-3-5-15(20)6-4-14)19(25)21-7-2-8-23-9-11-26-12-10-23/h3-6,17-18H,2,7-13H2,1H3,(H,21,25)/t17-,18+/m1/s1. The number of benzene rings is 1. The Balaban J connectivity index is 1.57. The van der Waals surface area contributed by atoms with E-state index < -0.39 is 12.1 Å². The topological polar surface area (TPSA) is 71.1 Å². The minimum absolute atomic E-state index is 0.0908. The molecule has 1 aromatic rings. The second kappa shape index (κ2) is 9.50. The van der Waals surface area contributed by atoms with Crippen LogP contribution in [0.1, 0.15) is 18.0 Å². The highest BCUT2D eigenvalue weighted by molar-refractivity contribution is 6.30. The van der Waals surface area contributed by atoms with Crippen LogP contribution in [0, 0.1) is 0 Å². The average Bonchev–Trinajstić information content (AvgIpc) is 2.69. The smallest absolute Gasteiger partial charge is 0.251 e. The van der Waals surface area contributed by atoms with Gasteiger partial charge in [0.05, 0.1) is 19.3 Å². The van der Waals surface area contributed by atoms with Crippen LogP contribution in [-0.2, 0) is 19.1 Å². The van der Waals surface area contributed by atoms with Crippen LogP contribution < -0.4 is 5.32 Å². The number of carbonyl (C=O) groups is 2. The fourth-order valence-corrected chi connectivity index (χ4v) is 3.56. The van der Waals surface area contributed by atoms with Crippen molar-refractivity contribution in [2.75, 3.05) is 53.0 Å². The molecule has 3 rings (SSSR count). The van der Waals surface area contributed by atoms with E-state index in [2.05, 4.69) is 10.2 Å². The minimum atomic E-state index is -0.739. The summed E-state index contributed by atoms with van der Waals surface area (Å²) in [4.78, 5) is 28.7. The van der Waals surface area contributed by atoms with Gasteiger partial charge in [0, 0.05) is 31.7 Å². The van der Waals surface area contributed by atoms with Crippen LogP contribution in [0.25, 0.3) is 0 Å².